The second-order valence-corrected chi connectivity index (χ2v) is 8.63. The van der Waals surface area contributed by atoms with Crippen LogP contribution in [-0.2, 0) is 16.9 Å². The number of hydrogen-bond acceptors (Lipinski definition) is 5. The molecule has 28 heavy (non-hydrogen) atoms. The van der Waals surface area contributed by atoms with Gasteiger partial charge in [-0.2, -0.15) is 0 Å². The number of aromatic nitrogens is 3. The topological polar surface area (TPSA) is 69.0 Å². The van der Waals surface area contributed by atoms with Gasteiger partial charge in [0.2, 0.25) is 0 Å². The Hall–Kier alpha value is -2.51. The van der Waals surface area contributed by atoms with E-state index in [0.717, 1.165) is 16.1 Å². The van der Waals surface area contributed by atoms with Gasteiger partial charge in [0.1, 0.15) is 11.3 Å². The number of nitrogens with one attached hydrogen (secondary N) is 1. The number of anilines is 1. The van der Waals surface area contributed by atoms with Gasteiger partial charge < -0.3 is 9.30 Å². The first-order chi connectivity index (χ1) is 13.3. The van der Waals surface area contributed by atoms with E-state index in [1.165, 1.54) is 11.3 Å². The van der Waals surface area contributed by atoms with Crippen LogP contribution in [0.2, 0.25) is 0 Å². The van der Waals surface area contributed by atoms with Crippen LogP contribution in [0.3, 0.4) is 0 Å². The quantitative estimate of drug-likeness (QED) is 0.631. The van der Waals surface area contributed by atoms with E-state index in [1.54, 1.807) is 12.4 Å². The maximum absolute atomic E-state index is 12.8. The lowest BCUT2D eigenvalue weighted by molar-refractivity contribution is -0.0626. The summed E-state index contributed by atoms with van der Waals surface area (Å²) in [6.45, 7) is 10.6. The maximum atomic E-state index is 12.8. The first-order valence-corrected chi connectivity index (χ1v) is 10.1. The summed E-state index contributed by atoms with van der Waals surface area (Å²) in [5, 5.41) is 3.52. The Morgan fingerprint density at radius 1 is 1.29 bits per heavy atom. The SMILES string of the molecule is Cc1sc(NC(=O)c2cccn2Cc2ccncc2)nc1C(C)(C)OC(C)C. The second kappa shape index (κ2) is 8.24. The molecule has 3 aromatic heterocycles. The highest BCUT2D eigenvalue weighted by atomic mass is 32.1. The highest BCUT2D eigenvalue weighted by molar-refractivity contribution is 7.15. The maximum Gasteiger partial charge on any atom is 0.274 e. The van der Waals surface area contributed by atoms with Crippen LogP contribution in [0.4, 0.5) is 5.13 Å². The normalized spacial score (nSPS) is 11.8. The fourth-order valence-electron chi connectivity index (χ4n) is 3.26. The molecule has 1 amide bonds. The monoisotopic (exact) mass is 398 g/mol. The number of thiazole rings is 1. The molecule has 0 unspecified atom stereocenters. The Morgan fingerprint density at radius 3 is 2.68 bits per heavy atom. The third-order valence-corrected chi connectivity index (χ3v) is 5.17. The zero-order valence-corrected chi connectivity index (χ0v) is 17.7. The number of carbonyl (C=O) groups excluding carboxylic acids is 1. The lowest BCUT2D eigenvalue weighted by atomic mass is 10.0. The van der Waals surface area contributed by atoms with E-state index >= 15 is 0 Å². The number of hydrogen-bond donors (Lipinski definition) is 1. The lowest BCUT2D eigenvalue weighted by Gasteiger charge is -2.26. The fourth-order valence-corrected chi connectivity index (χ4v) is 4.22. The van der Waals surface area contributed by atoms with Crippen LogP contribution in [0.5, 0.6) is 0 Å². The molecule has 0 bridgehead atoms. The molecule has 148 valence electrons. The van der Waals surface area contributed by atoms with Crippen molar-refractivity contribution in [1.82, 2.24) is 14.5 Å². The summed E-state index contributed by atoms with van der Waals surface area (Å²) in [4.78, 5) is 22.5. The number of carbonyl (C=O) groups is 1. The highest BCUT2D eigenvalue weighted by Gasteiger charge is 2.29. The van der Waals surface area contributed by atoms with Crippen molar-refractivity contribution in [2.45, 2.75) is 52.9 Å². The van der Waals surface area contributed by atoms with Crippen molar-refractivity contribution in [3.63, 3.8) is 0 Å². The summed E-state index contributed by atoms with van der Waals surface area (Å²) in [6, 6.07) is 7.56. The second-order valence-electron chi connectivity index (χ2n) is 7.43. The van der Waals surface area contributed by atoms with Crippen molar-refractivity contribution in [2.75, 3.05) is 5.32 Å². The van der Waals surface area contributed by atoms with Gasteiger partial charge in [0.15, 0.2) is 5.13 Å². The summed E-state index contributed by atoms with van der Waals surface area (Å²) < 4.78 is 7.92. The van der Waals surface area contributed by atoms with Crippen molar-refractivity contribution in [1.29, 1.82) is 0 Å². The standard InChI is InChI=1S/C21H26N4O2S/c1-14(2)27-21(4,5)18-15(3)28-20(23-18)24-19(26)17-7-6-12-25(17)13-16-8-10-22-11-9-16/h6-12,14H,13H2,1-5H3,(H,23,24,26). The number of aryl methyl sites for hydroxylation is 1. The number of ether oxygens (including phenoxy) is 1. The summed E-state index contributed by atoms with van der Waals surface area (Å²) in [5.41, 5.74) is 2.01. The molecule has 0 aromatic carbocycles. The van der Waals surface area contributed by atoms with E-state index in [4.69, 9.17) is 4.74 Å². The fraction of sp³-hybridized carbons (Fsp3) is 0.381. The van der Waals surface area contributed by atoms with E-state index in [2.05, 4.69) is 15.3 Å². The molecule has 3 rings (SSSR count). The number of rotatable bonds is 7. The zero-order valence-electron chi connectivity index (χ0n) is 16.9. The molecule has 0 aliphatic heterocycles. The van der Waals surface area contributed by atoms with Gasteiger partial charge in [-0.25, -0.2) is 4.98 Å². The van der Waals surface area contributed by atoms with Crippen LogP contribution in [0.15, 0.2) is 42.9 Å². The van der Waals surface area contributed by atoms with E-state index < -0.39 is 5.60 Å². The predicted molar refractivity (Wildman–Crippen MR) is 112 cm³/mol. The van der Waals surface area contributed by atoms with Gasteiger partial charge in [-0.15, -0.1) is 11.3 Å². The number of nitrogens with zero attached hydrogens (tertiary/aromatic N) is 3. The van der Waals surface area contributed by atoms with Gasteiger partial charge in [-0.1, -0.05) is 0 Å². The Kier molecular flexibility index (Phi) is 5.96. The van der Waals surface area contributed by atoms with Crippen molar-refractivity contribution in [3.8, 4) is 0 Å². The van der Waals surface area contributed by atoms with Gasteiger partial charge >= 0.3 is 0 Å². The summed E-state index contributed by atoms with van der Waals surface area (Å²) in [5.74, 6) is -0.179. The third-order valence-electron chi connectivity index (χ3n) is 4.28. The van der Waals surface area contributed by atoms with Gasteiger partial charge in [0, 0.05) is 30.0 Å². The van der Waals surface area contributed by atoms with Gasteiger partial charge in [0.05, 0.1) is 11.8 Å². The third kappa shape index (κ3) is 4.66. The Balaban J connectivity index is 1.76. The summed E-state index contributed by atoms with van der Waals surface area (Å²) in [7, 11) is 0. The highest BCUT2D eigenvalue weighted by Crippen LogP contribution is 2.33. The van der Waals surface area contributed by atoms with Crippen LogP contribution >= 0.6 is 11.3 Å². The molecule has 3 heterocycles. The minimum absolute atomic E-state index is 0.0885. The van der Waals surface area contributed by atoms with Crippen LogP contribution in [0.25, 0.3) is 0 Å². The zero-order chi connectivity index (χ0) is 20.3. The molecule has 7 heteroatoms. The first kappa shape index (κ1) is 20.2. The lowest BCUT2D eigenvalue weighted by Crippen LogP contribution is -2.26. The minimum atomic E-state index is -0.515. The Labute approximate surface area is 169 Å². The molecule has 0 radical (unpaired) electrons. The van der Waals surface area contributed by atoms with Crippen LogP contribution < -0.4 is 5.32 Å². The van der Waals surface area contributed by atoms with Crippen molar-refractivity contribution in [2.24, 2.45) is 0 Å². The molecule has 0 saturated carbocycles. The van der Waals surface area contributed by atoms with Crippen LogP contribution in [0, 0.1) is 6.92 Å². The molecule has 6 nitrogen and oxygen atoms in total. The number of pyridine rings is 1. The van der Waals surface area contributed by atoms with Gasteiger partial charge in [-0.3, -0.25) is 15.1 Å². The Morgan fingerprint density at radius 2 is 2.00 bits per heavy atom. The summed E-state index contributed by atoms with van der Waals surface area (Å²) in [6.07, 6.45) is 5.48. The number of amides is 1. The van der Waals surface area contributed by atoms with Crippen molar-refractivity contribution in [3.05, 3.63) is 64.7 Å². The molecule has 1 N–H and O–H groups in total. The molecule has 3 aromatic rings. The molecule has 0 aliphatic carbocycles. The van der Waals surface area contributed by atoms with E-state index in [1.807, 2.05) is 69.6 Å². The smallest absolute Gasteiger partial charge is 0.274 e. The van der Waals surface area contributed by atoms with Crippen LogP contribution in [0.1, 0.15) is 54.3 Å². The average Bonchev–Trinajstić information content (AvgIpc) is 3.21. The van der Waals surface area contributed by atoms with E-state index in [9.17, 15) is 4.79 Å². The molecule has 0 spiro atoms. The van der Waals surface area contributed by atoms with Gasteiger partial charge in [-0.05, 0) is 64.4 Å². The molecule has 0 aliphatic rings. The molecular formula is C21H26N4O2S. The van der Waals surface area contributed by atoms with E-state index in [0.29, 0.717) is 17.4 Å². The largest absolute Gasteiger partial charge is 0.367 e. The van der Waals surface area contributed by atoms with E-state index in [-0.39, 0.29) is 12.0 Å². The van der Waals surface area contributed by atoms with Crippen molar-refractivity contribution >= 4 is 22.4 Å². The molecule has 0 atom stereocenters. The minimum Gasteiger partial charge on any atom is -0.367 e. The van der Waals surface area contributed by atoms with Gasteiger partial charge in [0.25, 0.3) is 5.91 Å². The Bertz CT molecular complexity index is 944. The van der Waals surface area contributed by atoms with Crippen molar-refractivity contribution < 1.29 is 9.53 Å². The molecule has 0 fully saturated rings. The summed E-state index contributed by atoms with van der Waals surface area (Å²) >= 11 is 1.46. The predicted octanol–water partition coefficient (Wildman–Crippen LogP) is 4.61. The average molecular weight is 399 g/mol. The van der Waals surface area contributed by atoms with Crippen LogP contribution in [-0.4, -0.2) is 26.5 Å². The first-order valence-electron chi connectivity index (χ1n) is 9.27. The molecule has 0 saturated heterocycles. The molecular weight excluding hydrogens is 372 g/mol.